The van der Waals surface area contributed by atoms with Gasteiger partial charge in [0.05, 0.1) is 6.04 Å². The standard InChI is InChI=1S/C16H19FN2S/c1-2-12-5-3-6-13(9-12)16(19-18)11-20-15-8-4-7-14(17)10-15/h3-10,16,19H,2,11,18H2,1H3. The number of benzene rings is 2. The molecule has 0 radical (unpaired) electrons. The third kappa shape index (κ3) is 4.07. The van der Waals surface area contributed by atoms with E-state index in [1.54, 1.807) is 23.9 Å². The predicted molar refractivity (Wildman–Crippen MR) is 83.0 cm³/mol. The van der Waals surface area contributed by atoms with E-state index in [0.717, 1.165) is 22.6 Å². The molecule has 2 aromatic carbocycles. The highest BCUT2D eigenvalue weighted by molar-refractivity contribution is 7.99. The summed E-state index contributed by atoms with van der Waals surface area (Å²) in [7, 11) is 0. The first-order chi connectivity index (χ1) is 9.72. The summed E-state index contributed by atoms with van der Waals surface area (Å²) < 4.78 is 13.1. The van der Waals surface area contributed by atoms with E-state index in [0.29, 0.717) is 0 Å². The minimum atomic E-state index is -0.208. The number of halogens is 1. The molecule has 106 valence electrons. The van der Waals surface area contributed by atoms with E-state index < -0.39 is 0 Å². The maximum absolute atomic E-state index is 13.1. The smallest absolute Gasteiger partial charge is 0.124 e. The Balaban J connectivity index is 2.05. The lowest BCUT2D eigenvalue weighted by Gasteiger charge is -2.16. The van der Waals surface area contributed by atoms with Gasteiger partial charge in [0.25, 0.3) is 0 Å². The third-order valence-electron chi connectivity index (χ3n) is 3.18. The first-order valence-electron chi connectivity index (χ1n) is 6.66. The average Bonchev–Trinajstić information content (AvgIpc) is 2.48. The number of hydrogen-bond donors (Lipinski definition) is 2. The van der Waals surface area contributed by atoms with Gasteiger partial charge in [-0.25, -0.2) is 4.39 Å². The lowest BCUT2D eigenvalue weighted by molar-refractivity contribution is 0.609. The molecule has 2 nitrogen and oxygen atoms in total. The van der Waals surface area contributed by atoms with E-state index in [-0.39, 0.29) is 11.9 Å². The SMILES string of the molecule is CCc1cccc(C(CSc2cccc(F)c2)NN)c1. The van der Waals surface area contributed by atoms with Crippen LogP contribution < -0.4 is 11.3 Å². The molecule has 20 heavy (non-hydrogen) atoms. The summed E-state index contributed by atoms with van der Waals surface area (Å²) in [5, 5.41) is 0. The quantitative estimate of drug-likeness (QED) is 0.484. The van der Waals surface area contributed by atoms with E-state index in [2.05, 4.69) is 30.5 Å². The van der Waals surface area contributed by atoms with E-state index in [1.165, 1.54) is 11.6 Å². The van der Waals surface area contributed by atoms with Crippen LogP contribution in [0.2, 0.25) is 0 Å². The topological polar surface area (TPSA) is 38.0 Å². The maximum atomic E-state index is 13.1. The number of thioether (sulfide) groups is 1. The minimum Gasteiger partial charge on any atom is -0.271 e. The van der Waals surface area contributed by atoms with Gasteiger partial charge in [0.15, 0.2) is 0 Å². The van der Waals surface area contributed by atoms with E-state index >= 15 is 0 Å². The molecule has 1 atom stereocenters. The number of rotatable bonds is 6. The van der Waals surface area contributed by atoms with Crippen molar-refractivity contribution >= 4 is 11.8 Å². The summed E-state index contributed by atoms with van der Waals surface area (Å²) >= 11 is 1.59. The van der Waals surface area contributed by atoms with Gasteiger partial charge in [-0.2, -0.15) is 0 Å². The molecule has 4 heteroatoms. The van der Waals surface area contributed by atoms with Crippen LogP contribution in [0.5, 0.6) is 0 Å². The van der Waals surface area contributed by atoms with Gasteiger partial charge in [-0.1, -0.05) is 37.3 Å². The van der Waals surface area contributed by atoms with Crippen molar-refractivity contribution in [3.63, 3.8) is 0 Å². The number of aryl methyl sites for hydroxylation is 1. The van der Waals surface area contributed by atoms with Gasteiger partial charge in [0.2, 0.25) is 0 Å². The Morgan fingerprint density at radius 2 is 2.00 bits per heavy atom. The Hall–Kier alpha value is -1.36. The molecule has 3 N–H and O–H groups in total. The molecular formula is C16H19FN2S. The molecule has 1 unspecified atom stereocenters. The van der Waals surface area contributed by atoms with Gasteiger partial charge in [0, 0.05) is 10.6 Å². The Morgan fingerprint density at radius 1 is 1.20 bits per heavy atom. The van der Waals surface area contributed by atoms with Crippen LogP contribution in [0.1, 0.15) is 24.1 Å². The molecule has 0 aliphatic rings. The van der Waals surface area contributed by atoms with Crippen LogP contribution in [-0.2, 0) is 6.42 Å². The first-order valence-corrected chi connectivity index (χ1v) is 7.65. The normalized spacial score (nSPS) is 12.3. The van der Waals surface area contributed by atoms with Gasteiger partial charge in [-0.15, -0.1) is 11.8 Å². The Kier molecular flexibility index (Phi) is 5.59. The maximum Gasteiger partial charge on any atom is 0.124 e. The molecule has 0 saturated carbocycles. The number of hydrogen-bond acceptors (Lipinski definition) is 3. The van der Waals surface area contributed by atoms with Gasteiger partial charge < -0.3 is 0 Å². The molecule has 0 aliphatic carbocycles. The molecule has 0 bridgehead atoms. The lowest BCUT2D eigenvalue weighted by atomic mass is 10.0. The molecule has 0 fully saturated rings. The van der Waals surface area contributed by atoms with Gasteiger partial charge >= 0.3 is 0 Å². The van der Waals surface area contributed by atoms with Gasteiger partial charge in [0.1, 0.15) is 5.82 Å². The number of nitrogens with one attached hydrogen (secondary N) is 1. The van der Waals surface area contributed by atoms with Crippen LogP contribution in [-0.4, -0.2) is 5.75 Å². The zero-order chi connectivity index (χ0) is 14.4. The van der Waals surface area contributed by atoms with Crippen LogP contribution in [0.15, 0.2) is 53.4 Å². The van der Waals surface area contributed by atoms with Crippen molar-refractivity contribution in [1.29, 1.82) is 0 Å². The summed E-state index contributed by atoms with van der Waals surface area (Å²) in [6.07, 6.45) is 1.00. The number of nitrogens with two attached hydrogens (primary N) is 1. The van der Waals surface area contributed by atoms with Gasteiger partial charge in [-0.3, -0.25) is 11.3 Å². The van der Waals surface area contributed by atoms with Crippen molar-refractivity contribution in [2.75, 3.05) is 5.75 Å². The summed E-state index contributed by atoms with van der Waals surface area (Å²) in [5.41, 5.74) is 5.29. The second-order valence-electron chi connectivity index (χ2n) is 4.59. The summed E-state index contributed by atoms with van der Waals surface area (Å²) in [5.74, 6) is 6.20. The molecule has 0 amide bonds. The van der Waals surface area contributed by atoms with E-state index in [1.807, 2.05) is 12.1 Å². The zero-order valence-corrected chi connectivity index (χ0v) is 12.3. The summed E-state index contributed by atoms with van der Waals surface area (Å²) in [4.78, 5) is 0.914. The average molecular weight is 290 g/mol. The second-order valence-corrected chi connectivity index (χ2v) is 5.68. The fraction of sp³-hybridized carbons (Fsp3) is 0.250. The largest absolute Gasteiger partial charge is 0.271 e. The van der Waals surface area contributed by atoms with Gasteiger partial charge in [-0.05, 0) is 35.7 Å². The Bertz CT molecular complexity index is 560. The monoisotopic (exact) mass is 290 g/mol. The van der Waals surface area contributed by atoms with E-state index in [4.69, 9.17) is 5.84 Å². The highest BCUT2D eigenvalue weighted by Gasteiger charge is 2.10. The summed E-state index contributed by atoms with van der Waals surface area (Å²) in [6, 6.07) is 15.1. The van der Waals surface area contributed by atoms with Crippen molar-refractivity contribution in [3.05, 3.63) is 65.5 Å². The minimum absolute atomic E-state index is 0.0507. The second kappa shape index (κ2) is 7.43. The Morgan fingerprint density at radius 3 is 2.70 bits per heavy atom. The molecule has 0 heterocycles. The van der Waals surface area contributed by atoms with Crippen LogP contribution in [0.25, 0.3) is 0 Å². The molecule has 0 spiro atoms. The first kappa shape index (κ1) is 15.0. The zero-order valence-electron chi connectivity index (χ0n) is 11.5. The molecule has 2 aromatic rings. The third-order valence-corrected chi connectivity index (χ3v) is 4.26. The van der Waals surface area contributed by atoms with Crippen LogP contribution >= 0.6 is 11.8 Å². The fourth-order valence-corrected chi connectivity index (χ4v) is 3.03. The molecule has 0 aromatic heterocycles. The number of hydrazine groups is 1. The molecular weight excluding hydrogens is 271 g/mol. The highest BCUT2D eigenvalue weighted by atomic mass is 32.2. The van der Waals surface area contributed by atoms with Crippen molar-refractivity contribution in [2.45, 2.75) is 24.3 Å². The predicted octanol–water partition coefficient (Wildman–Crippen LogP) is 3.68. The molecule has 0 aliphatic heterocycles. The lowest BCUT2D eigenvalue weighted by Crippen LogP contribution is -2.29. The molecule has 0 saturated heterocycles. The van der Waals surface area contributed by atoms with E-state index in [9.17, 15) is 4.39 Å². The van der Waals surface area contributed by atoms with Crippen molar-refractivity contribution < 1.29 is 4.39 Å². The summed E-state index contributed by atoms with van der Waals surface area (Å²) in [6.45, 7) is 2.13. The van der Waals surface area contributed by atoms with Crippen molar-refractivity contribution in [3.8, 4) is 0 Å². The van der Waals surface area contributed by atoms with Crippen molar-refractivity contribution in [2.24, 2.45) is 5.84 Å². The van der Waals surface area contributed by atoms with Crippen LogP contribution in [0, 0.1) is 5.82 Å². The van der Waals surface area contributed by atoms with Crippen molar-refractivity contribution in [1.82, 2.24) is 5.43 Å². The van der Waals surface area contributed by atoms with Crippen LogP contribution in [0.3, 0.4) is 0 Å². The Labute approximate surface area is 123 Å². The molecule has 2 rings (SSSR count). The van der Waals surface area contributed by atoms with Crippen LogP contribution in [0.4, 0.5) is 4.39 Å². The fourth-order valence-electron chi connectivity index (χ4n) is 2.01. The highest BCUT2D eigenvalue weighted by Crippen LogP contribution is 2.25.